The van der Waals surface area contributed by atoms with Crippen LogP contribution in [0.5, 0.6) is 0 Å². The van der Waals surface area contributed by atoms with Gasteiger partial charge in [0.2, 0.25) is 0 Å². The highest BCUT2D eigenvalue weighted by Gasteiger charge is 2.21. The standard InChI is InChI=1S/C16H19NO2/c18-15(16(19)17-12-5-2-6-13-17)11-7-10-14-8-3-1-4-9-14/h1,3-4,8-9,15,18H,2,5-6,10,12-13H2/t15-/m1/s1. The maximum absolute atomic E-state index is 11.9. The van der Waals surface area contributed by atoms with Gasteiger partial charge in [0, 0.05) is 19.5 Å². The van der Waals surface area contributed by atoms with E-state index in [2.05, 4.69) is 11.8 Å². The number of rotatable bonds is 2. The Bertz CT molecular complexity index is 467. The summed E-state index contributed by atoms with van der Waals surface area (Å²) in [5.74, 6) is 5.27. The van der Waals surface area contributed by atoms with Crippen molar-refractivity contribution in [2.75, 3.05) is 13.1 Å². The molecular formula is C16H19NO2. The highest BCUT2D eigenvalue weighted by molar-refractivity contribution is 5.83. The van der Waals surface area contributed by atoms with Crippen molar-refractivity contribution >= 4 is 5.91 Å². The van der Waals surface area contributed by atoms with Crippen molar-refractivity contribution in [2.24, 2.45) is 0 Å². The lowest BCUT2D eigenvalue weighted by Gasteiger charge is -2.27. The van der Waals surface area contributed by atoms with Gasteiger partial charge < -0.3 is 10.0 Å². The van der Waals surface area contributed by atoms with Gasteiger partial charge in [-0.3, -0.25) is 4.79 Å². The molecule has 1 saturated heterocycles. The Morgan fingerprint density at radius 2 is 1.89 bits per heavy atom. The first-order valence-electron chi connectivity index (χ1n) is 6.76. The molecule has 0 bridgehead atoms. The molecule has 0 spiro atoms. The van der Waals surface area contributed by atoms with Crippen LogP contribution < -0.4 is 0 Å². The van der Waals surface area contributed by atoms with Crippen molar-refractivity contribution in [1.29, 1.82) is 0 Å². The molecule has 1 aromatic rings. The summed E-state index contributed by atoms with van der Waals surface area (Å²) in [7, 11) is 0. The molecular weight excluding hydrogens is 238 g/mol. The Kier molecular flexibility index (Phi) is 5.00. The predicted molar refractivity (Wildman–Crippen MR) is 74.4 cm³/mol. The minimum atomic E-state index is -1.18. The summed E-state index contributed by atoms with van der Waals surface area (Å²) in [6.45, 7) is 1.49. The van der Waals surface area contributed by atoms with Crippen LogP contribution in [0.25, 0.3) is 0 Å². The molecule has 1 N–H and O–H groups in total. The zero-order chi connectivity index (χ0) is 13.5. The monoisotopic (exact) mass is 257 g/mol. The number of hydrogen-bond donors (Lipinski definition) is 1. The maximum Gasteiger partial charge on any atom is 0.264 e. The van der Waals surface area contributed by atoms with E-state index in [4.69, 9.17) is 0 Å². The summed E-state index contributed by atoms with van der Waals surface area (Å²) in [5.41, 5.74) is 1.09. The van der Waals surface area contributed by atoms with E-state index in [0.29, 0.717) is 6.42 Å². The number of benzene rings is 1. The van der Waals surface area contributed by atoms with Gasteiger partial charge in [-0.25, -0.2) is 0 Å². The SMILES string of the molecule is O=C([C@H](O)C#CCc1ccccc1)N1CCCCC1. The highest BCUT2D eigenvalue weighted by Crippen LogP contribution is 2.09. The Morgan fingerprint density at radius 1 is 1.21 bits per heavy atom. The Hall–Kier alpha value is -1.79. The number of carbonyl (C=O) groups excluding carboxylic acids is 1. The molecule has 1 aliphatic heterocycles. The molecule has 1 heterocycles. The fourth-order valence-electron chi connectivity index (χ4n) is 2.19. The van der Waals surface area contributed by atoms with Crippen LogP contribution in [0.15, 0.2) is 30.3 Å². The van der Waals surface area contributed by atoms with E-state index < -0.39 is 6.10 Å². The van der Waals surface area contributed by atoms with Crippen molar-refractivity contribution in [1.82, 2.24) is 4.90 Å². The van der Waals surface area contributed by atoms with Crippen LogP contribution in [0, 0.1) is 11.8 Å². The first kappa shape index (κ1) is 13.6. The molecule has 1 aliphatic rings. The Labute approximate surface area is 114 Å². The van der Waals surface area contributed by atoms with Crippen LogP contribution in [0.2, 0.25) is 0 Å². The number of amides is 1. The van der Waals surface area contributed by atoms with Gasteiger partial charge in [-0.15, -0.1) is 0 Å². The molecule has 3 heteroatoms. The Balaban J connectivity index is 1.86. The molecule has 0 aromatic heterocycles. The molecule has 2 rings (SSSR count). The fourth-order valence-corrected chi connectivity index (χ4v) is 2.19. The molecule has 19 heavy (non-hydrogen) atoms. The normalized spacial score (nSPS) is 16.4. The largest absolute Gasteiger partial charge is 0.372 e. The molecule has 0 aliphatic carbocycles. The smallest absolute Gasteiger partial charge is 0.264 e. The lowest BCUT2D eigenvalue weighted by atomic mass is 10.1. The summed E-state index contributed by atoms with van der Waals surface area (Å²) in [6, 6.07) is 9.81. The summed E-state index contributed by atoms with van der Waals surface area (Å²) >= 11 is 0. The minimum absolute atomic E-state index is 0.250. The zero-order valence-corrected chi connectivity index (χ0v) is 11.0. The second-order valence-electron chi connectivity index (χ2n) is 4.77. The first-order chi connectivity index (χ1) is 9.27. The van der Waals surface area contributed by atoms with Gasteiger partial charge in [-0.05, 0) is 24.8 Å². The maximum atomic E-state index is 11.9. The molecule has 1 aromatic carbocycles. The predicted octanol–water partition coefficient (Wildman–Crippen LogP) is 1.61. The van der Waals surface area contributed by atoms with Crippen LogP contribution in [-0.4, -0.2) is 35.1 Å². The Morgan fingerprint density at radius 3 is 2.58 bits per heavy atom. The van der Waals surface area contributed by atoms with Gasteiger partial charge >= 0.3 is 0 Å². The van der Waals surface area contributed by atoms with E-state index in [-0.39, 0.29) is 5.91 Å². The van der Waals surface area contributed by atoms with E-state index in [1.54, 1.807) is 4.90 Å². The number of hydrogen-bond acceptors (Lipinski definition) is 2. The van der Waals surface area contributed by atoms with Gasteiger partial charge in [-0.1, -0.05) is 42.2 Å². The van der Waals surface area contributed by atoms with E-state index in [9.17, 15) is 9.90 Å². The third-order valence-corrected chi connectivity index (χ3v) is 3.28. The van der Waals surface area contributed by atoms with Crippen LogP contribution in [0.1, 0.15) is 24.8 Å². The van der Waals surface area contributed by atoms with Crippen LogP contribution in [-0.2, 0) is 11.2 Å². The number of piperidine rings is 1. The van der Waals surface area contributed by atoms with Gasteiger partial charge in [0.15, 0.2) is 6.10 Å². The second kappa shape index (κ2) is 6.96. The summed E-state index contributed by atoms with van der Waals surface area (Å²) < 4.78 is 0. The van der Waals surface area contributed by atoms with Gasteiger partial charge in [-0.2, -0.15) is 0 Å². The lowest BCUT2D eigenvalue weighted by molar-refractivity contribution is -0.138. The quantitative estimate of drug-likeness (QED) is 0.818. The van der Waals surface area contributed by atoms with Crippen LogP contribution in [0.3, 0.4) is 0 Å². The van der Waals surface area contributed by atoms with E-state index in [1.165, 1.54) is 6.42 Å². The van der Waals surface area contributed by atoms with Crippen molar-refractivity contribution in [2.45, 2.75) is 31.8 Å². The van der Waals surface area contributed by atoms with Crippen LogP contribution in [0.4, 0.5) is 0 Å². The van der Waals surface area contributed by atoms with Crippen molar-refractivity contribution in [3.8, 4) is 11.8 Å². The van der Waals surface area contributed by atoms with E-state index in [0.717, 1.165) is 31.5 Å². The average molecular weight is 257 g/mol. The number of carbonyl (C=O) groups is 1. The lowest BCUT2D eigenvalue weighted by Crippen LogP contribution is -2.41. The number of likely N-dealkylation sites (tertiary alicyclic amines) is 1. The molecule has 1 atom stereocenters. The number of aliphatic hydroxyl groups is 1. The molecule has 3 nitrogen and oxygen atoms in total. The fraction of sp³-hybridized carbons (Fsp3) is 0.438. The third-order valence-electron chi connectivity index (χ3n) is 3.28. The van der Waals surface area contributed by atoms with E-state index in [1.807, 2.05) is 30.3 Å². The van der Waals surface area contributed by atoms with Crippen LogP contribution >= 0.6 is 0 Å². The summed E-state index contributed by atoms with van der Waals surface area (Å²) in [6.07, 6.45) is 2.60. The zero-order valence-electron chi connectivity index (χ0n) is 11.0. The van der Waals surface area contributed by atoms with Gasteiger partial charge in [0.25, 0.3) is 5.91 Å². The minimum Gasteiger partial charge on any atom is -0.372 e. The molecule has 0 radical (unpaired) electrons. The summed E-state index contributed by atoms with van der Waals surface area (Å²) in [4.78, 5) is 13.6. The van der Waals surface area contributed by atoms with Gasteiger partial charge in [0.1, 0.15) is 0 Å². The van der Waals surface area contributed by atoms with Gasteiger partial charge in [0.05, 0.1) is 0 Å². The number of aliphatic hydroxyl groups excluding tert-OH is 1. The topological polar surface area (TPSA) is 40.5 Å². The van der Waals surface area contributed by atoms with Crippen molar-refractivity contribution < 1.29 is 9.90 Å². The van der Waals surface area contributed by atoms with Crippen molar-refractivity contribution in [3.63, 3.8) is 0 Å². The first-order valence-corrected chi connectivity index (χ1v) is 6.76. The third kappa shape index (κ3) is 4.11. The highest BCUT2D eigenvalue weighted by atomic mass is 16.3. The second-order valence-corrected chi connectivity index (χ2v) is 4.77. The molecule has 0 unspecified atom stereocenters. The van der Waals surface area contributed by atoms with Crippen molar-refractivity contribution in [3.05, 3.63) is 35.9 Å². The molecule has 100 valence electrons. The summed E-state index contributed by atoms with van der Waals surface area (Å²) in [5, 5.41) is 9.78. The molecule has 1 amide bonds. The van der Waals surface area contributed by atoms with E-state index >= 15 is 0 Å². The molecule has 1 fully saturated rings. The number of nitrogens with zero attached hydrogens (tertiary/aromatic N) is 1. The average Bonchev–Trinajstić information content (AvgIpc) is 2.48. The molecule has 0 saturated carbocycles.